The van der Waals surface area contributed by atoms with Gasteiger partial charge >= 0.3 is 12.0 Å². The Balaban J connectivity index is 1.44. The van der Waals surface area contributed by atoms with Gasteiger partial charge in [-0.2, -0.15) is 0 Å². The maximum absolute atomic E-state index is 12.1. The van der Waals surface area contributed by atoms with Crippen LogP contribution in [0.25, 0.3) is 0 Å². The minimum absolute atomic E-state index is 0.0800. The monoisotopic (exact) mass is 397 g/mol. The summed E-state index contributed by atoms with van der Waals surface area (Å²) in [6, 6.07) is 5.51. The molecule has 0 unspecified atom stereocenters. The Hall–Kier alpha value is -1.44. The zero-order valence-corrected chi connectivity index (χ0v) is 16.3. The van der Waals surface area contributed by atoms with Gasteiger partial charge in [-0.1, -0.05) is 11.6 Å². The molecule has 0 aromatic heterocycles. The summed E-state index contributed by atoms with van der Waals surface area (Å²) < 4.78 is 0. The molecular formula is C18H24ClN3O3S. The number of hydrogen-bond acceptors (Lipinski definition) is 4. The number of carboxylic acid groups (broad SMARTS) is 1. The van der Waals surface area contributed by atoms with Crippen molar-refractivity contribution in [1.82, 2.24) is 10.2 Å². The summed E-state index contributed by atoms with van der Waals surface area (Å²) in [6.45, 7) is 0.941. The molecular weight excluding hydrogens is 374 g/mol. The molecule has 8 heteroatoms. The van der Waals surface area contributed by atoms with Crippen LogP contribution in [0.1, 0.15) is 25.7 Å². The predicted octanol–water partition coefficient (Wildman–Crippen LogP) is 3.51. The molecule has 6 nitrogen and oxygen atoms in total. The number of carboxylic acids is 1. The van der Waals surface area contributed by atoms with Gasteiger partial charge in [-0.05, 0) is 56.1 Å². The first-order valence-electron chi connectivity index (χ1n) is 8.81. The fourth-order valence-electron chi connectivity index (χ4n) is 3.25. The number of hydrogen-bond donors (Lipinski definition) is 3. The lowest BCUT2D eigenvalue weighted by Gasteiger charge is -2.42. The van der Waals surface area contributed by atoms with Crippen molar-refractivity contribution < 1.29 is 14.7 Å². The Kier molecular flexibility index (Phi) is 6.32. The fraction of sp³-hybridized carbons (Fsp3) is 0.556. The molecule has 142 valence electrons. The molecule has 2 aliphatic carbocycles. The molecule has 2 fully saturated rings. The number of anilines is 1. The van der Waals surface area contributed by atoms with Crippen molar-refractivity contribution in [1.29, 1.82) is 0 Å². The van der Waals surface area contributed by atoms with Gasteiger partial charge < -0.3 is 15.7 Å². The lowest BCUT2D eigenvalue weighted by molar-refractivity contribution is -0.139. The Labute approximate surface area is 162 Å². The van der Waals surface area contributed by atoms with Gasteiger partial charge in [0.15, 0.2) is 0 Å². The van der Waals surface area contributed by atoms with E-state index in [0.29, 0.717) is 16.6 Å². The van der Waals surface area contributed by atoms with Crippen molar-refractivity contribution in [3.05, 3.63) is 23.2 Å². The molecule has 2 aliphatic rings. The van der Waals surface area contributed by atoms with E-state index in [1.54, 1.807) is 17.8 Å². The average molecular weight is 398 g/mol. The van der Waals surface area contributed by atoms with Gasteiger partial charge in [-0.3, -0.25) is 9.69 Å². The zero-order valence-electron chi connectivity index (χ0n) is 14.7. The summed E-state index contributed by atoms with van der Waals surface area (Å²) >= 11 is 7.71. The standard InChI is InChI=1S/C18H24ClN3O3S/c1-26-16-5-4-12(8-15(16)19)20-18(25)21-13-6-14(7-13)22(10-17(23)24)9-11-2-3-11/h4-5,8,11,13-14H,2-3,6-7,9-10H2,1H3,(H,23,24)(H2,20,21,25). The molecule has 0 heterocycles. The van der Waals surface area contributed by atoms with Crippen LogP contribution in [0.3, 0.4) is 0 Å². The highest BCUT2D eigenvalue weighted by molar-refractivity contribution is 7.98. The summed E-state index contributed by atoms with van der Waals surface area (Å²) in [4.78, 5) is 26.2. The Morgan fingerprint density at radius 1 is 1.35 bits per heavy atom. The Morgan fingerprint density at radius 3 is 2.65 bits per heavy atom. The van der Waals surface area contributed by atoms with Crippen LogP contribution < -0.4 is 10.6 Å². The highest BCUT2D eigenvalue weighted by Crippen LogP contribution is 2.34. The second kappa shape index (κ2) is 8.50. The van der Waals surface area contributed by atoms with E-state index < -0.39 is 5.97 Å². The third kappa shape index (κ3) is 5.28. The normalized spacial score (nSPS) is 22.0. The summed E-state index contributed by atoms with van der Waals surface area (Å²) in [6.07, 6.45) is 5.93. The van der Waals surface area contributed by atoms with Gasteiger partial charge in [0.1, 0.15) is 0 Å². The van der Waals surface area contributed by atoms with Crippen molar-refractivity contribution in [2.45, 2.75) is 42.7 Å². The second-order valence-corrected chi connectivity index (χ2v) is 8.29. The van der Waals surface area contributed by atoms with E-state index in [4.69, 9.17) is 16.7 Å². The van der Waals surface area contributed by atoms with Gasteiger partial charge in [-0.15, -0.1) is 11.8 Å². The highest BCUT2D eigenvalue weighted by Gasteiger charge is 2.37. The fourth-order valence-corrected chi connectivity index (χ4v) is 4.12. The summed E-state index contributed by atoms with van der Waals surface area (Å²) in [5.74, 6) is -0.135. The van der Waals surface area contributed by atoms with Crippen LogP contribution in [0.2, 0.25) is 5.02 Å². The topological polar surface area (TPSA) is 81.7 Å². The zero-order chi connectivity index (χ0) is 18.7. The Morgan fingerprint density at radius 2 is 2.08 bits per heavy atom. The molecule has 26 heavy (non-hydrogen) atoms. The van der Waals surface area contributed by atoms with E-state index in [-0.39, 0.29) is 24.7 Å². The number of benzene rings is 1. The number of halogens is 1. The number of urea groups is 1. The van der Waals surface area contributed by atoms with E-state index in [9.17, 15) is 9.59 Å². The summed E-state index contributed by atoms with van der Waals surface area (Å²) in [5, 5.41) is 15.4. The van der Waals surface area contributed by atoms with E-state index >= 15 is 0 Å². The molecule has 0 bridgehead atoms. The molecule has 0 spiro atoms. The van der Waals surface area contributed by atoms with Crippen LogP contribution in [0.15, 0.2) is 23.1 Å². The minimum atomic E-state index is -0.787. The Bertz CT molecular complexity index is 678. The smallest absolute Gasteiger partial charge is 0.319 e. The van der Waals surface area contributed by atoms with Crippen LogP contribution in [0.5, 0.6) is 0 Å². The van der Waals surface area contributed by atoms with Crippen molar-refractivity contribution in [3.8, 4) is 0 Å². The molecule has 1 aromatic carbocycles. The first kappa shape index (κ1) is 19.3. The SMILES string of the molecule is CSc1ccc(NC(=O)NC2CC(N(CC(=O)O)CC3CC3)C2)cc1Cl. The summed E-state index contributed by atoms with van der Waals surface area (Å²) in [5.41, 5.74) is 0.655. The van der Waals surface area contributed by atoms with Crippen LogP contribution in [0, 0.1) is 5.92 Å². The maximum atomic E-state index is 12.1. The van der Waals surface area contributed by atoms with E-state index in [0.717, 1.165) is 24.3 Å². The molecule has 3 N–H and O–H groups in total. The van der Waals surface area contributed by atoms with Gasteiger partial charge in [0.05, 0.1) is 11.6 Å². The number of nitrogens with zero attached hydrogens (tertiary/aromatic N) is 1. The lowest BCUT2D eigenvalue weighted by Crippen LogP contribution is -2.55. The van der Waals surface area contributed by atoms with Crippen LogP contribution in [-0.4, -0.2) is 53.4 Å². The largest absolute Gasteiger partial charge is 0.480 e. The molecule has 2 saturated carbocycles. The van der Waals surface area contributed by atoms with E-state index in [1.165, 1.54) is 12.8 Å². The molecule has 1 aromatic rings. The molecule has 0 saturated heterocycles. The van der Waals surface area contributed by atoms with E-state index in [1.807, 2.05) is 18.4 Å². The van der Waals surface area contributed by atoms with Crippen LogP contribution in [-0.2, 0) is 4.79 Å². The van der Waals surface area contributed by atoms with Gasteiger partial charge in [-0.25, -0.2) is 4.79 Å². The number of aliphatic carboxylic acids is 1. The number of amides is 2. The highest BCUT2D eigenvalue weighted by atomic mass is 35.5. The van der Waals surface area contributed by atoms with Crippen molar-refractivity contribution in [3.63, 3.8) is 0 Å². The predicted molar refractivity (Wildman–Crippen MR) is 104 cm³/mol. The molecule has 0 radical (unpaired) electrons. The van der Waals surface area contributed by atoms with Crippen LogP contribution in [0.4, 0.5) is 10.5 Å². The number of nitrogens with one attached hydrogen (secondary N) is 2. The van der Waals surface area contributed by atoms with E-state index in [2.05, 4.69) is 15.5 Å². The third-order valence-corrected chi connectivity index (χ3v) is 6.12. The van der Waals surface area contributed by atoms with Gasteiger partial charge in [0.25, 0.3) is 0 Å². The number of carbonyl (C=O) groups excluding carboxylic acids is 1. The minimum Gasteiger partial charge on any atom is -0.480 e. The number of thioether (sulfide) groups is 1. The third-order valence-electron chi connectivity index (χ3n) is 4.90. The first-order chi connectivity index (χ1) is 12.4. The van der Waals surface area contributed by atoms with Gasteiger partial charge in [0, 0.05) is 29.2 Å². The second-order valence-electron chi connectivity index (χ2n) is 7.04. The van der Waals surface area contributed by atoms with Crippen molar-refractivity contribution in [2.75, 3.05) is 24.7 Å². The van der Waals surface area contributed by atoms with Crippen LogP contribution >= 0.6 is 23.4 Å². The van der Waals surface area contributed by atoms with Crippen molar-refractivity contribution in [2.24, 2.45) is 5.92 Å². The van der Waals surface area contributed by atoms with Crippen molar-refractivity contribution >= 4 is 41.1 Å². The number of rotatable bonds is 8. The maximum Gasteiger partial charge on any atom is 0.319 e. The van der Waals surface area contributed by atoms with Gasteiger partial charge in [0.2, 0.25) is 0 Å². The molecule has 0 aliphatic heterocycles. The number of carbonyl (C=O) groups is 2. The quantitative estimate of drug-likeness (QED) is 0.585. The first-order valence-corrected chi connectivity index (χ1v) is 10.4. The molecule has 0 atom stereocenters. The lowest BCUT2D eigenvalue weighted by atomic mass is 9.85. The molecule has 2 amide bonds. The molecule has 3 rings (SSSR count). The summed E-state index contributed by atoms with van der Waals surface area (Å²) in [7, 11) is 0. The average Bonchev–Trinajstić information content (AvgIpc) is 3.33.